The van der Waals surface area contributed by atoms with Crippen LogP contribution in [-0.2, 0) is 4.57 Å². The number of carbonyl (C=O) groups excluding carboxylic acids is 1. The number of aromatic nitrogens is 2. The SMILES string of the molecule is O=C(N[PH](=O)O)c1nc2ccccc2n(C2CCN(C3CCCCCCC3)CC2)c1=O. The maximum absolute atomic E-state index is 13.2. The van der Waals surface area contributed by atoms with E-state index in [9.17, 15) is 14.2 Å². The number of amides is 1. The highest BCUT2D eigenvalue weighted by Gasteiger charge is 2.29. The van der Waals surface area contributed by atoms with Crippen LogP contribution in [0.4, 0.5) is 0 Å². The second-order valence-electron chi connectivity index (χ2n) is 8.65. The Bertz CT molecular complexity index is 1010. The molecule has 1 atom stereocenters. The molecule has 1 aliphatic heterocycles. The van der Waals surface area contributed by atoms with Crippen LogP contribution in [0, 0.1) is 0 Å². The van der Waals surface area contributed by atoms with E-state index in [1.54, 1.807) is 16.7 Å². The van der Waals surface area contributed by atoms with Gasteiger partial charge in [0, 0.05) is 25.2 Å². The first-order valence-electron chi connectivity index (χ1n) is 11.3. The third-order valence-electron chi connectivity index (χ3n) is 6.69. The normalized spacial score (nSPS) is 20.8. The van der Waals surface area contributed by atoms with Crippen LogP contribution in [0.5, 0.6) is 0 Å². The Kier molecular flexibility index (Phi) is 7.20. The van der Waals surface area contributed by atoms with Gasteiger partial charge in [0.05, 0.1) is 11.0 Å². The van der Waals surface area contributed by atoms with Crippen LogP contribution in [0.1, 0.15) is 74.3 Å². The third kappa shape index (κ3) is 5.08. The topological polar surface area (TPSA) is 105 Å². The second kappa shape index (κ2) is 10.1. The highest BCUT2D eigenvalue weighted by molar-refractivity contribution is 7.36. The number of nitrogens with zero attached hydrogens (tertiary/aromatic N) is 3. The smallest absolute Gasteiger partial charge is 0.282 e. The Morgan fingerprint density at radius 1 is 1.00 bits per heavy atom. The number of para-hydroxylation sites is 2. The molecule has 1 saturated carbocycles. The van der Waals surface area contributed by atoms with E-state index >= 15 is 0 Å². The number of piperidine rings is 1. The number of hydrogen-bond donors (Lipinski definition) is 2. The lowest BCUT2D eigenvalue weighted by atomic mass is 9.93. The highest BCUT2D eigenvalue weighted by Crippen LogP contribution is 2.29. The van der Waals surface area contributed by atoms with Crippen LogP contribution >= 0.6 is 8.18 Å². The van der Waals surface area contributed by atoms with Crippen molar-refractivity contribution in [2.45, 2.75) is 69.9 Å². The number of nitrogens with one attached hydrogen (secondary N) is 1. The molecule has 8 nitrogen and oxygen atoms in total. The van der Waals surface area contributed by atoms with Crippen LogP contribution in [-0.4, -0.2) is 44.4 Å². The minimum atomic E-state index is -3.26. The Labute approximate surface area is 182 Å². The zero-order valence-electron chi connectivity index (χ0n) is 17.8. The van der Waals surface area contributed by atoms with E-state index in [0.717, 1.165) is 25.9 Å². The molecule has 0 spiro atoms. The third-order valence-corrected chi connectivity index (χ3v) is 7.13. The molecule has 2 fully saturated rings. The fourth-order valence-electron chi connectivity index (χ4n) is 5.13. The van der Waals surface area contributed by atoms with Gasteiger partial charge < -0.3 is 14.4 Å². The van der Waals surface area contributed by atoms with Crippen molar-refractivity contribution < 1.29 is 14.3 Å². The van der Waals surface area contributed by atoms with Crippen molar-refractivity contribution in [3.63, 3.8) is 0 Å². The summed E-state index contributed by atoms with van der Waals surface area (Å²) in [6.45, 7) is 1.87. The molecule has 9 heteroatoms. The average Bonchev–Trinajstić information content (AvgIpc) is 2.73. The molecule has 2 N–H and O–H groups in total. The number of carbonyl (C=O) groups is 1. The lowest BCUT2D eigenvalue weighted by Gasteiger charge is -2.39. The molecule has 2 aliphatic rings. The maximum atomic E-state index is 13.2. The summed E-state index contributed by atoms with van der Waals surface area (Å²) in [6, 6.07) is 7.88. The summed E-state index contributed by atoms with van der Waals surface area (Å²) in [7, 11) is -3.26. The van der Waals surface area contributed by atoms with Crippen molar-refractivity contribution in [2.24, 2.45) is 0 Å². The molecule has 4 rings (SSSR count). The molecule has 31 heavy (non-hydrogen) atoms. The van der Waals surface area contributed by atoms with E-state index in [4.69, 9.17) is 4.89 Å². The zero-order valence-corrected chi connectivity index (χ0v) is 18.8. The first-order chi connectivity index (χ1) is 15.0. The molecule has 0 bridgehead atoms. The van der Waals surface area contributed by atoms with Crippen LogP contribution in [0.3, 0.4) is 0 Å². The average molecular weight is 446 g/mol. The van der Waals surface area contributed by atoms with Gasteiger partial charge in [0.2, 0.25) is 0 Å². The van der Waals surface area contributed by atoms with Gasteiger partial charge in [0.1, 0.15) is 0 Å². The highest BCUT2D eigenvalue weighted by atomic mass is 31.1. The first-order valence-corrected chi connectivity index (χ1v) is 12.7. The predicted octanol–water partition coefficient (Wildman–Crippen LogP) is 3.26. The number of rotatable bonds is 4. The van der Waals surface area contributed by atoms with Crippen LogP contribution in [0.2, 0.25) is 0 Å². The first kappa shape index (κ1) is 22.2. The fourth-order valence-corrected chi connectivity index (χ4v) is 5.44. The second-order valence-corrected chi connectivity index (χ2v) is 9.51. The van der Waals surface area contributed by atoms with E-state index in [1.165, 1.54) is 44.9 Å². The van der Waals surface area contributed by atoms with Gasteiger partial charge in [-0.15, -0.1) is 0 Å². The molecule has 1 aliphatic carbocycles. The van der Waals surface area contributed by atoms with E-state index in [1.807, 2.05) is 17.2 Å². The van der Waals surface area contributed by atoms with E-state index in [0.29, 0.717) is 17.1 Å². The largest absolute Gasteiger partial charge is 0.331 e. The summed E-state index contributed by atoms with van der Waals surface area (Å²) in [5, 5.41) is 1.93. The van der Waals surface area contributed by atoms with Crippen LogP contribution < -0.4 is 10.6 Å². The van der Waals surface area contributed by atoms with Crippen molar-refractivity contribution in [2.75, 3.05) is 13.1 Å². The number of likely N-dealkylation sites (tertiary alicyclic amines) is 1. The summed E-state index contributed by atoms with van der Waals surface area (Å²) < 4.78 is 12.8. The Hall–Kier alpha value is -2.02. The Balaban J connectivity index is 1.59. The molecule has 1 amide bonds. The van der Waals surface area contributed by atoms with Crippen LogP contribution in [0.15, 0.2) is 29.1 Å². The number of hydrogen-bond acceptors (Lipinski definition) is 5. The van der Waals surface area contributed by atoms with Crippen molar-refractivity contribution >= 4 is 25.1 Å². The number of benzene rings is 1. The molecular weight excluding hydrogens is 415 g/mol. The lowest BCUT2D eigenvalue weighted by molar-refractivity contribution is 0.0970. The molecule has 1 aromatic heterocycles. The van der Waals surface area contributed by atoms with E-state index < -0.39 is 19.6 Å². The molecular formula is C22H31N4O4P. The molecule has 2 heterocycles. The molecule has 1 saturated heterocycles. The van der Waals surface area contributed by atoms with E-state index in [-0.39, 0.29) is 11.7 Å². The van der Waals surface area contributed by atoms with E-state index in [2.05, 4.69) is 9.88 Å². The van der Waals surface area contributed by atoms with Crippen molar-refractivity contribution in [3.05, 3.63) is 40.3 Å². The van der Waals surface area contributed by atoms with Gasteiger partial charge in [0.25, 0.3) is 19.6 Å². The molecule has 0 radical (unpaired) electrons. The molecule has 168 valence electrons. The van der Waals surface area contributed by atoms with Gasteiger partial charge >= 0.3 is 0 Å². The maximum Gasteiger partial charge on any atom is 0.282 e. The molecule has 2 aromatic rings. The van der Waals surface area contributed by atoms with Gasteiger partial charge in [-0.1, -0.05) is 44.2 Å². The summed E-state index contributed by atoms with van der Waals surface area (Å²) in [5.74, 6) is -0.900. The molecule has 1 aromatic carbocycles. The van der Waals surface area contributed by atoms with Crippen molar-refractivity contribution in [1.29, 1.82) is 0 Å². The van der Waals surface area contributed by atoms with Gasteiger partial charge in [0.15, 0.2) is 5.69 Å². The Morgan fingerprint density at radius 3 is 2.32 bits per heavy atom. The van der Waals surface area contributed by atoms with Gasteiger partial charge in [-0.25, -0.2) is 4.98 Å². The summed E-state index contributed by atoms with van der Waals surface area (Å²) in [6.07, 6.45) is 10.8. The fraction of sp³-hybridized carbons (Fsp3) is 0.591. The van der Waals surface area contributed by atoms with Gasteiger partial charge in [-0.3, -0.25) is 19.2 Å². The summed E-state index contributed by atoms with van der Waals surface area (Å²) in [5.41, 5.74) is 0.412. The molecule has 1 unspecified atom stereocenters. The lowest BCUT2D eigenvalue weighted by Crippen LogP contribution is -2.44. The van der Waals surface area contributed by atoms with Crippen molar-refractivity contribution in [1.82, 2.24) is 19.5 Å². The Morgan fingerprint density at radius 2 is 1.65 bits per heavy atom. The predicted molar refractivity (Wildman–Crippen MR) is 121 cm³/mol. The summed E-state index contributed by atoms with van der Waals surface area (Å²) in [4.78, 5) is 41.4. The quantitative estimate of drug-likeness (QED) is 0.699. The summed E-state index contributed by atoms with van der Waals surface area (Å²) >= 11 is 0. The zero-order chi connectivity index (χ0) is 21.8. The number of fused-ring (bicyclic) bond motifs is 1. The monoisotopic (exact) mass is 446 g/mol. The van der Waals surface area contributed by atoms with Gasteiger partial charge in [-0.2, -0.15) is 0 Å². The minimum Gasteiger partial charge on any atom is -0.331 e. The van der Waals surface area contributed by atoms with Gasteiger partial charge in [-0.05, 0) is 37.8 Å². The standard InChI is InChI=1S/C22H31N4O4P/c27-21(24-31(29)30)20-22(28)26(19-11-7-6-10-18(19)23-20)17-12-14-25(15-13-17)16-8-4-2-1-3-5-9-16/h6-7,10-11,16-17,31H,1-5,8-9,12-15H2,(H2,24,27,29,30). The van der Waals surface area contributed by atoms with Crippen LogP contribution in [0.25, 0.3) is 11.0 Å². The minimum absolute atomic E-state index is 0.0251. The van der Waals surface area contributed by atoms with Crippen molar-refractivity contribution in [3.8, 4) is 0 Å².